The zero-order chi connectivity index (χ0) is 12.1. The molecule has 4 nitrogen and oxygen atoms in total. The minimum atomic E-state index is -3.53. The van der Waals surface area contributed by atoms with Crippen molar-refractivity contribution in [3.8, 4) is 0 Å². The normalized spacial score (nSPS) is 11.4. The van der Waals surface area contributed by atoms with Crippen molar-refractivity contribution in [3.63, 3.8) is 0 Å². The van der Waals surface area contributed by atoms with Gasteiger partial charge < -0.3 is 0 Å². The molecule has 1 aromatic carbocycles. The molecule has 0 amide bonds. The van der Waals surface area contributed by atoms with Crippen molar-refractivity contribution in [2.24, 2.45) is 0 Å². The van der Waals surface area contributed by atoms with Crippen LogP contribution in [0.1, 0.15) is 0 Å². The van der Waals surface area contributed by atoms with E-state index >= 15 is 0 Å². The van der Waals surface area contributed by atoms with Crippen LogP contribution in [0.3, 0.4) is 0 Å². The van der Waals surface area contributed by atoms with E-state index in [9.17, 15) is 16.8 Å². The Morgan fingerprint density at radius 3 is 1.47 bits per heavy atom. The van der Waals surface area contributed by atoms with Gasteiger partial charge in [-0.05, 0) is 12.1 Å². The van der Waals surface area contributed by atoms with E-state index in [0.29, 0.717) is 0 Å². The third-order valence-electron chi connectivity index (χ3n) is 1.02. The lowest BCUT2D eigenvalue weighted by Crippen LogP contribution is -1.87. The molecule has 0 heterocycles. The Labute approximate surface area is 97.7 Å². The molecule has 0 N–H and O–H groups in total. The van der Waals surface area contributed by atoms with E-state index in [0.717, 1.165) is 6.26 Å². The number of halogens is 2. The number of hydrogen-bond acceptors (Lipinski definition) is 4. The van der Waals surface area contributed by atoms with Crippen LogP contribution < -0.4 is 0 Å². The molecule has 1 rings (SSSR count). The minimum Gasteiger partial charge on any atom is -0.213 e. The predicted octanol–water partition coefficient (Wildman–Crippen LogP) is 1.80. The van der Waals surface area contributed by atoms with Crippen molar-refractivity contribution in [2.75, 3.05) is 6.26 Å². The Bertz CT molecular complexity index is 485. The summed E-state index contributed by atoms with van der Waals surface area (Å²) in [5.41, 5.74) is 0. The van der Waals surface area contributed by atoms with Crippen molar-refractivity contribution in [3.05, 3.63) is 30.3 Å². The molecule has 86 valence electrons. The van der Waals surface area contributed by atoms with Crippen molar-refractivity contribution in [2.45, 2.75) is 4.90 Å². The topological polar surface area (TPSA) is 68.3 Å². The van der Waals surface area contributed by atoms with E-state index in [2.05, 4.69) is 10.7 Å². The van der Waals surface area contributed by atoms with Gasteiger partial charge in [0.2, 0.25) is 9.05 Å². The summed E-state index contributed by atoms with van der Waals surface area (Å²) in [4.78, 5) is 0.136. The number of hydrogen-bond donors (Lipinski definition) is 0. The van der Waals surface area contributed by atoms with Gasteiger partial charge in [-0.2, -0.15) is 0 Å². The first-order valence-corrected chi connectivity index (χ1v) is 8.53. The van der Waals surface area contributed by atoms with Crippen LogP contribution in [0.25, 0.3) is 0 Å². The first-order chi connectivity index (χ1) is 6.61. The second-order valence-electron chi connectivity index (χ2n) is 2.43. The van der Waals surface area contributed by atoms with Gasteiger partial charge in [0.05, 0.1) is 11.2 Å². The Morgan fingerprint density at radius 2 is 1.27 bits per heavy atom. The third-order valence-corrected chi connectivity index (χ3v) is 2.39. The molecule has 0 atom stereocenters. The summed E-state index contributed by atoms with van der Waals surface area (Å²) in [6, 6.07) is 7.86. The number of rotatable bonds is 1. The lowest BCUT2D eigenvalue weighted by molar-refractivity contribution is 0.609. The van der Waals surface area contributed by atoms with Crippen LogP contribution in [-0.4, -0.2) is 23.1 Å². The largest absolute Gasteiger partial charge is 0.261 e. The summed E-state index contributed by atoms with van der Waals surface area (Å²) in [5.74, 6) is 0. The molecule has 0 aliphatic rings. The second-order valence-corrected chi connectivity index (χ2v) is 8.04. The van der Waals surface area contributed by atoms with E-state index < -0.39 is 18.1 Å². The van der Waals surface area contributed by atoms with Crippen LogP contribution in [0, 0.1) is 0 Å². The lowest BCUT2D eigenvalue weighted by Gasteiger charge is -1.91. The number of benzene rings is 1. The van der Waals surface area contributed by atoms with Crippen LogP contribution in [-0.2, 0) is 18.1 Å². The predicted molar refractivity (Wildman–Crippen MR) is 60.2 cm³/mol. The van der Waals surface area contributed by atoms with Gasteiger partial charge in [-0.15, -0.1) is 0 Å². The molecule has 0 saturated heterocycles. The molecule has 0 unspecified atom stereocenters. The van der Waals surface area contributed by atoms with Gasteiger partial charge in [-0.1, -0.05) is 18.2 Å². The Morgan fingerprint density at radius 1 is 0.933 bits per heavy atom. The zero-order valence-electron chi connectivity index (χ0n) is 7.59. The van der Waals surface area contributed by atoms with Crippen molar-refractivity contribution >= 4 is 39.5 Å². The highest BCUT2D eigenvalue weighted by molar-refractivity contribution is 8.13. The lowest BCUT2D eigenvalue weighted by atomic mass is 10.4. The highest BCUT2D eigenvalue weighted by atomic mass is 35.7. The summed E-state index contributed by atoms with van der Waals surface area (Å²) in [6.07, 6.45) is 0.925. The molecule has 0 aliphatic carbocycles. The van der Waals surface area contributed by atoms with E-state index in [4.69, 9.17) is 10.7 Å². The van der Waals surface area contributed by atoms with E-state index in [1.807, 2.05) is 0 Å². The molecule has 8 heteroatoms. The highest BCUT2D eigenvalue weighted by Crippen LogP contribution is 2.12. The first-order valence-electron chi connectivity index (χ1n) is 3.50. The molecule has 0 saturated carbocycles. The second kappa shape index (κ2) is 5.69. The molecular weight excluding hydrogens is 283 g/mol. The maximum absolute atomic E-state index is 10.6. The maximum atomic E-state index is 10.6. The van der Waals surface area contributed by atoms with E-state index in [-0.39, 0.29) is 4.90 Å². The van der Waals surface area contributed by atoms with Crippen LogP contribution in [0.2, 0.25) is 0 Å². The molecule has 0 fully saturated rings. The minimum absolute atomic E-state index is 0.136. The van der Waals surface area contributed by atoms with Crippen LogP contribution in [0.15, 0.2) is 35.2 Å². The van der Waals surface area contributed by atoms with Crippen LogP contribution in [0.4, 0.5) is 0 Å². The standard InChI is InChI=1S/C6H5ClO2S.CH3ClO2S/c7-10(8,9)6-4-2-1-3-5-6;1-5(2,3)4/h1-5H;1H3. The molecule has 15 heavy (non-hydrogen) atoms. The fraction of sp³-hybridized carbons (Fsp3) is 0.143. The molecule has 0 bridgehead atoms. The van der Waals surface area contributed by atoms with Gasteiger partial charge in [0, 0.05) is 21.4 Å². The van der Waals surface area contributed by atoms with Crippen molar-refractivity contribution in [1.29, 1.82) is 0 Å². The molecule has 0 aromatic heterocycles. The van der Waals surface area contributed by atoms with Gasteiger partial charge >= 0.3 is 0 Å². The molecule has 0 spiro atoms. The van der Waals surface area contributed by atoms with Gasteiger partial charge in [0.25, 0.3) is 9.05 Å². The van der Waals surface area contributed by atoms with Gasteiger partial charge in [-0.3, -0.25) is 0 Å². The molecule has 1 aromatic rings. The van der Waals surface area contributed by atoms with Crippen molar-refractivity contribution < 1.29 is 16.8 Å². The third kappa shape index (κ3) is 9.99. The maximum Gasteiger partial charge on any atom is 0.261 e. The summed E-state index contributed by atoms with van der Waals surface area (Å²) in [5, 5.41) is 0. The Kier molecular flexibility index (Phi) is 5.58. The Balaban J connectivity index is 0.000000336. The fourth-order valence-electron chi connectivity index (χ4n) is 0.583. The molecular formula is C7H8Cl2O4S2. The SMILES string of the molecule is CS(=O)(=O)Cl.O=S(=O)(Cl)c1ccccc1. The molecule has 0 aliphatic heterocycles. The molecule has 0 radical (unpaired) electrons. The van der Waals surface area contributed by atoms with Crippen molar-refractivity contribution in [1.82, 2.24) is 0 Å². The average molecular weight is 291 g/mol. The average Bonchev–Trinajstić information content (AvgIpc) is 2.01. The van der Waals surface area contributed by atoms with Crippen LogP contribution in [0.5, 0.6) is 0 Å². The summed E-state index contributed by atoms with van der Waals surface area (Å²) in [6.45, 7) is 0. The monoisotopic (exact) mass is 290 g/mol. The highest BCUT2D eigenvalue weighted by Gasteiger charge is 2.06. The van der Waals surface area contributed by atoms with Gasteiger partial charge in [0.15, 0.2) is 0 Å². The summed E-state index contributed by atoms with van der Waals surface area (Å²) < 4.78 is 40.0. The van der Waals surface area contributed by atoms with Gasteiger partial charge in [-0.25, -0.2) is 16.8 Å². The smallest absolute Gasteiger partial charge is 0.213 e. The summed E-state index contributed by atoms with van der Waals surface area (Å²) >= 11 is 0. The first kappa shape index (κ1) is 14.7. The summed E-state index contributed by atoms with van der Waals surface area (Å²) in [7, 11) is 2.81. The van der Waals surface area contributed by atoms with E-state index in [1.165, 1.54) is 12.1 Å². The quantitative estimate of drug-likeness (QED) is 0.740. The Hall–Kier alpha value is -0.300. The van der Waals surface area contributed by atoms with Gasteiger partial charge in [0.1, 0.15) is 0 Å². The fourth-order valence-corrected chi connectivity index (χ4v) is 1.37. The van der Waals surface area contributed by atoms with Crippen LogP contribution >= 0.6 is 21.4 Å². The zero-order valence-corrected chi connectivity index (χ0v) is 10.7. The van der Waals surface area contributed by atoms with E-state index in [1.54, 1.807) is 18.2 Å².